The molecule has 78 valence electrons. The van der Waals surface area contributed by atoms with Crippen LogP contribution in [0.1, 0.15) is 17.6 Å². The quantitative estimate of drug-likeness (QED) is 0.795. The third-order valence-electron chi connectivity index (χ3n) is 2.60. The van der Waals surface area contributed by atoms with Crippen LogP contribution < -0.4 is 5.32 Å². The van der Waals surface area contributed by atoms with Gasteiger partial charge >= 0.3 is 0 Å². The summed E-state index contributed by atoms with van der Waals surface area (Å²) in [6, 6.07) is 3.97. The highest BCUT2D eigenvalue weighted by Gasteiger charge is 2.24. The molecule has 0 unspecified atom stereocenters. The largest absolute Gasteiger partial charge is 0.347 e. The monoisotopic (exact) mass is 204 g/mol. The molecule has 1 fully saturated rings. The van der Waals surface area contributed by atoms with Crippen molar-refractivity contribution < 1.29 is 4.52 Å². The van der Waals surface area contributed by atoms with Crippen LogP contribution in [0.25, 0.3) is 0 Å². The van der Waals surface area contributed by atoms with Gasteiger partial charge in [-0.05, 0) is 12.1 Å². The van der Waals surface area contributed by atoms with Crippen molar-refractivity contribution in [1.29, 1.82) is 0 Å². The Labute approximate surface area is 87.1 Å². The molecule has 3 heterocycles. The highest BCUT2D eigenvalue weighted by molar-refractivity contribution is 5.02. The molecule has 0 aromatic carbocycles. The molecule has 5 nitrogen and oxygen atoms in total. The van der Waals surface area contributed by atoms with Crippen LogP contribution in [0.3, 0.4) is 0 Å². The maximum atomic E-state index is 5.20. The summed E-state index contributed by atoms with van der Waals surface area (Å²) in [4.78, 5) is 4.37. The van der Waals surface area contributed by atoms with Crippen LogP contribution in [0.5, 0.6) is 0 Å². The second-order valence-corrected chi connectivity index (χ2v) is 3.76. The molecule has 5 heteroatoms. The zero-order valence-corrected chi connectivity index (χ0v) is 8.26. The number of hydrogen-bond acceptors (Lipinski definition) is 4. The van der Waals surface area contributed by atoms with Crippen molar-refractivity contribution in [2.45, 2.75) is 12.5 Å². The van der Waals surface area contributed by atoms with Crippen molar-refractivity contribution in [3.05, 3.63) is 36.2 Å². The van der Waals surface area contributed by atoms with Gasteiger partial charge in [-0.2, -0.15) is 4.98 Å². The van der Waals surface area contributed by atoms with Gasteiger partial charge in [0, 0.05) is 25.5 Å². The van der Waals surface area contributed by atoms with E-state index in [9.17, 15) is 0 Å². The lowest BCUT2D eigenvalue weighted by Crippen LogP contribution is -2.40. The molecule has 2 aromatic heterocycles. The summed E-state index contributed by atoms with van der Waals surface area (Å²) < 4.78 is 7.22. The minimum absolute atomic E-state index is 0.413. The van der Waals surface area contributed by atoms with Gasteiger partial charge in [0.25, 0.3) is 0 Å². The molecule has 0 aliphatic carbocycles. The Hall–Kier alpha value is -1.62. The molecule has 0 atom stereocenters. The van der Waals surface area contributed by atoms with Crippen LogP contribution in [0, 0.1) is 0 Å². The lowest BCUT2D eigenvalue weighted by molar-refractivity contribution is 0.306. The second-order valence-electron chi connectivity index (χ2n) is 3.76. The SMILES string of the molecule is c1ccn(Cc2noc(C3CNC3)n2)c1. The summed E-state index contributed by atoms with van der Waals surface area (Å²) in [6.45, 7) is 2.58. The molecule has 0 saturated carbocycles. The van der Waals surface area contributed by atoms with E-state index >= 15 is 0 Å². The van der Waals surface area contributed by atoms with E-state index in [0.717, 1.165) is 24.8 Å². The molecule has 1 aliphatic heterocycles. The normalized spacial score (nSPS) is 16.5. The number of hydrogen-bond donors (Lipinski definition) is 1. The smallest absolute Gasteiger partial charge is 0.232 e. The number of nitrogens with one attached hydrogen (secondary N) is 1. The van der Waals surface area contributed by atoms with Gasteiger partial charge in [-0.25, -0.2) is 0 Å². The Morgan fingerprint density at radius 2 is 2.20 bits per heavy atom. The van der Waals surface area contributed by atoms with Gasteiger partial charge in [0.15, 0.2) is 5.82 Å². The molecule has 0 bridgehead atoms. The van der Waals surface area contributed by atoms with E-state index < -0.39 is 0 Å². The molecule has 1 aliphatic rings. The molecule has 0 spiro atoms. The first kappa shape index (κ1) is 8.67. The molecule has 1 N–H and O–H groups in total. The minimum atomic E-state index is 0.413. The lowest BCUT2D eigenvalue weighted by Gasteiger charge is -2.22. The molecule has 0 radical (unpaired) electrons. The predicted octanol–water partition coefficient (Wildman–Crippen LogP) is 0.606. The van der Waals surface area contributed by atoms with Gasteiger partial charge in [-0.15, -0.1) is 0 Å². The first-order chi connectivity index (χ1) is 7.42. The van der Waals surface area contributed by atoms with Crippen LogP contribution in [0.4, 0.5) is 0 Å². The summed E-state index contributed by atoms with van der Waals surface area (Å²) in [7, 11) is 0. The van der Waals surface area contributed by atoms with E-state index in [-0.39, 0.29) is 0 Å². The van der Waals surface area contributed by atoms with Crippen molar-refractivity contribution in [2.75, 3.05) is 13.1 Å². The van der Waals surface area contributed by atoms with Crippen molar-refractivity contribution in [3.63, 3.8) is 0 Å². The zero-order chi connectivity index (χ0) is 10.1. The summed E-state index contributed by atoms with van der Waals surface area (Å²) in [6.07, 6.45) is 3.97. The second kappa shape index (κ2) is 3.51. The summed E-state index contributed by atoms with van der Waals surface area (Å²) in [5.74, 6) is 1.92. The third kappa shape index (κ3) is 1.66. The van der Waals surface area contributed by atoms with Crippen molar-refractivity contribution in [3.8, 4) is 0 Å². The van der Waals surface area contributed by atoms with E-state index in [4.69, 9.17) is 4.52 Å². The fourth-order valence-corrected chi connectivity index (χ4v) is 1.60. The molecule has 3 rings (SSSR count). The van der Waals surface area contributed by atoms with Crippen LogP contribution in [0.15, 0.2) is 29.0 Å². The Balaban J connectivity index is 1.73. The van der Waals surface area contributed by atoms with Gasteiger partial charge in [0.2, 0.25) is 5.89 Å². The number of aromatic nitrogens is 3. The average molecular weight is 204 g/mol. The topological polar surface area (TPSA) is 55.9 Å². The van der Waals surface area contributed by atoms with Gasteiger partial charge in [0.1, 0.15) is 0 Å². The van der Waals surface area contributed by atoms with E-state index in [1.807, 2.05) is 29.1 Å². The first-order valence-corrected chi connectivity index (χ1v) is 5.06. The van der Waals surface area contributed by atoms with E-state index in [2.05, 4.69) is 15.5 Å². The fraction of sp³-hybridized carbons (Fsp3) is 0.400. The average Bonchev–Trinajstić information content (AvgIpc) is 2.75. The standard InChI is InChI=1S/C10H12N4O/c1-2-4-14(3-1)7-9-12-10(15-13-9)8-5-11-6-8/h1-4,8,11H,5-7H2. The Morgan fingerprint density at radius 3 is 2.87 bits per heavy atom. The third-order valence-corrected chi connectivity index (χ3v) is 2.60. The highest BCUT2D eigenvalue weighted by Crippen LogP contribution is 2.17. The van der Waals surface area contributed by atoms with E-state index in [1.54, 1.807) is 0 Å². The van der Waals surface area contributed by atoms with Crippen molar-refractivity contribution in [1.82, 2.24) is 20.0 Å². The highest BCUT2D eigenvalue weighted by atomic mass is 16.5. The van der Waals surface area contributed by atoms with Crippen LogP contribution in [-0.2, 0) is 6.54 Å². The summed E-state index contributed by atoms with van der Waals surface area (Å²) in [5.41, 5.74) is 0. The molecular weight excluding hydrogens is 192 g/mol. The predicted molar refractivity (Wildman–Crippen MR) is 53.4 cm³/mol. The number of nitrogens with zero attached hydrogens (tertiary/aromatic N) is 3. The van der Waals surface area contributed by atoms with E-state index in [1.165, 1.54) is 0 Å². The number of rotatable bonds is 3. The molecule has 15 heavy (non-hydrogen) atoms. The van der Waals surface area contributed by atoms with Crippen LogP contribution in [-0.4, -0.2) is 27.8 Å². The maximum Gasteiger partial charge on any atom is 0.232 e. The van der Waals surface area contributed by atoms with Crippen LogP contribution >= 0.6 is 0 Å². The molecule has 0 amide bonds. The van der Waals surface area contributed by atoms with Gasteiger partial charge in [0.05, 0.1) is 12.5 Å². The van der Waals surface area contributed by atoms with E-state index in [0.29, 0.717) is 12.5 Å². The first-order valence-electron chi connectivity index (χ1n) is 5.06. The van der Waals surface area contributed by atoms with Gasteiger partial charge in [-0.1, -0.05) is 5.16 Å². The minimum Gasteiger partial charge on any atom is -0.347 e. The van der Waals surface area contributed by atoms with Crippen LogP contribution in [0.2, 0.25) is 0 Å². The Kier molecular flexibility index (Phi) is 2.03. The van der Waals surface area contributed by atoms with Crippen molar-refractivity contribution >= 4 is 0 Å². The zero-order valence-electron chi connectivity index (χ0n) is 8.26. The summed E-state index contributed by atoms with van der Waals surface area (Å²) >= 11 is 0. The molecular formula is C10H12N4O. The lowest BCUT2D eigenvalue weighted by atomic mass is 10.0. The maximum absolute atomic E-state index is 5.20. The summed E-state index contributed by atoms with van der Waals surface area (Å²) in [5, 5.41) is 7.14. The van der Waals surface area contributed by atoms with Gasteiger partial charge in [-0.3, -0.25) is 0 Å². The van der Waals surface area contributed by atoms with Gasteiger partial charge < -0.3 is 14.4 Å². The van der Waals surface area contributed by atoms with Crippen molar-refractivity contribution in [2.24, 2.45) is 0 Å². The molecule has 2 aromatic rings. The Morgan fingerprint density at radius 1 is 1.40 bits per heavy atom. The Bertz CT molecular complexity index is 430. The fourth-order valence-electron chi connectivity index (χ4n) is 1.60. The molecule has 1 saturated heterocycles.